The first-order chi connectivity index (χ1) is 9.49. The number of hydrogen-bond acceptors (Lipinski definition) is 4. The quantitative estimate of drug-likeness (QED) is 0.624. The number of nitrogens with zero attached hydrogens (tertiary/aromatic N) is 2. The average Bonchev–Trinajstić information content (AvgIpc) is 2.42. The van der Waals surface area contributed by atoms with Gasteiger partial charge in [-0.3, -0.25) is 10.6 Å². The number of carbonyl (C=O) groups excluding carboxylic acids is 1. The van der Waals surface area contributed by atoms with Gasteiger partial charge < -0.3 is 10.3 Å². The number of halogens is 1. The lowest BCUT2D eigenvalue weighted by Crippen LogP contribution is -2.35. The molecule has 0 fully saturated rings. The molecule has 0 aliphatic carbocycles. The molecule has 0 aliphatic heterocycles. The number of hydrogen-bond donors (Lipinski definition) is 2. The molecule has 0 saturated heterocycles. The normalized spacial score (nSPS) is 10.2. The Balaban J connectivity index is 3.04. The SMILES string of the molecule is CC(C)CN(CCC#N)C(=O)c1cc(Cl)ccc1NN. The maximum atomic E-state index is 12.6. The highest BCUT2D eigenvalue weighted by atomic mass is 35.5. The van der Waals surface area contributed by atoms with Gasteiger partial charge >= 0.3 is 0 Å². The molecule has 1 aromatic rings. The number of rotatable bonds is 6. The minimum atomic E-state index is -0.176. The van der Waals surface area contributed by atoms with Crippen molar-refractivity contribution in [3.05, 3.63) is 28.8 Å². The number of nitriles is 1. The van der Waals surface area contributed by atoms with Crippen LogP contribution in [0.15, 0.2) is 18.2 Å². The molecule has 0 bridgehead atoms. The summed E-state index contributed by atoms with van der Waals surface area (Å²) in [4.78, 5) is 14.2. The second-order valence-electron chi connectivity index (χ2n) is 4.89. The van der Waals surface area contributed by atoms with Crippen molar-refractivity contribution in [2.24, 2.45) is 11.8 Å². The topological polar surface area (TPSA) is 82.2 Å². The number of benzene rings is 1. The van der Waals surface area contributed by atoms with Crippen molar-refractivity contribution in [3.8, 4) is 6.07 Å². The zero-order chi connectivity index (χ0) is 15.1. The molecule has 0 aromatic heterocycles. The molecule has 0 aliphatic rings. The molecule has 20 heavy (non-hydrogen) atoms. The van der Waals surface area contributed by atoms with Gasteiger partial charge in [-0.25, -0.2) is 0 Å². The van der Waals surface area contributed by atoms with Crippen molar-refractivity contribution in [3.63, 3.8) is 0 Å². The third-order valence-corrected chi connectivity index (χ3v) is 2.97. The van der Waals surface area contributed by atoms with E-state index in [0.717, 1.165) is 0 Å². The molecule has 0 heterocycles. The molecule has 5 nitrogen and oxygen atoms in total. The van der Waals surface area contributed by atoms with Crippen molar-refractivity contribution >= 4 is 23.2 Å². The van der Waals surface area contributed by atoms with Crippen LogP contribution in [0.5, 0.6) is 0 Å². The molecule has 3 N–H and O–H groups in total. The van der Waals surface area contributed by atoms with Gasteiger partial charge in [-0.15, -0.1) is 0 Å². The van der Waals surface area contributed by atoms with Crippen LogP contribution in [0.2, 0.25) is 5.02 Å². The molecule has 0 radical (unpaired) electrons. The summed E-state index contributed by atoms with van der Waals surface area (Å²) in [5, 5.41) is 9.17. The smallest absolute Gasteiger partial charge is 0.256 e. The van der Waals surface area contributed by atoms with E-state index in [0.29, 0.717) is 41.7 Å². The number of nitrogen functional groups attached to an aromatic ring is 1. The van der Waals surface area contributed by atoms with E-state index in [1.807, 2.05) is 13.8 Å². The largest absolute Gasteiger partial charge is 0.337 e. The summed E-state index contributed by atoms with van der Waals surface area (Å²) < 4.78 is 0. The van der Waals surface area contributed by atoms with Gasteiger partial charge in [0, 0.05) is 18.1 Å². The molecule has 6 heteroatoms. The predicted molar refractivity (Wildman–Crippen MR) is 80.2 cm³/mol. The van der Waals surface area contributed by atoms with Gasteiger partial charge in [0.2, 0.25) is 0 Å². The van der Waals surface area contributed by atoms with E-state index >= 15 is 0 Å². The van der Waals surface area contributed by atoms with E-state index in [1.165, 1.54) is 0 Å². The highest BCUT2D eigenvalue weighted by molar-refractivity contribution is 6.31. The van der Waals surface area contributed by atoms with E-state index in [1.54, 1.807) is 23.1 Å². The third kappa shape index (κ3) is 4.41. The van der Waals surface area contributed by atoms with E-state index in [4.69, 9.17) is 22.7 Å². The lowest BCUT2D eigenvalue weighted by molar-refractivity contribution is 0.0741. The van der Waals surface area contributed by atoms with Crippen molar-refractivity contribution < 1.29 is 4.79 Å². The maximum Gasteiger partial charge on any atom is 0.256 e. The first kappa shape index (κ1) is 16.3. The lowest BCUT2D eigenvalue weighted by Gasteiger charge is -2.24. The Morgan fingerprint density at radius 3 is 2.80 bits per heavy atom. The Kier molecular flexibility index (Phi) is 6.29. The summed E-state index contributed by atoms with van der Waals surface area (Å²) in [6.45, 7) is 5.01. The molecule has 108 valence electrons. The maximum absolute atomic E-state index is 12.6. The predicted octanol–water partition coefficient (Wildman–Crippen LogP) is 2.64. The van der Waals surface area contributed by atoms with E-state index in [9.17, 15) is 4.79 Å². The van der Waals surface area contributed by atoms with Crippen LogP contribution in [0.25, 0.3) is 0 Å². The summed E-state index contributed by atoms with van der Waals surface area (Å²) >= 11 is 5.94. The Morgan fingerprint density at radius 2 is 2.25 bits per heavy atom. The summed E-state index contributed by atoms with van der Waals surface area (Å²) in [6.07, 6.45) is 0.296. The van der Waals surface area contributed by atoms with E-state index in [-0.39, 0.29) is 5.91 Å². The molecular weight excluding hydrogens is 276 g/mol. The molecule has 0 atom stereocenters. The Hall–Kier alpha value is -1.77. The van der Waals surface area contributed by atoms with E-state index in [2.05, 4.69) is 11.5 Å². The summed E-state index contributed by atoms with van der Waals surface area (Å²) in [6, 6.07) is 6.96. The monoisotopic (exact) mass is 294 g/mol. The fraction of sp³-hybridized carbons (Fsp3) is 0.429. The van der Waals surface area contributed by atoms with Gasteiger partial charge in [-0.1, -0.05) is 25.4 Å². The van der Waals surface area contributed by atoms with Crippen molar-refractivity contribution in [1.29, 1.82) is 5.26 Å². The minimum Gasteiger partial charge on any atom is -0.337 e. The van der Waals surface area contributed by atoms with Crippen molar-refractivity contribution in [2.45, 2.75) is 20.3 Å². The summed E-state index contributed by atoms with van der Waals surface area (Å²) in [5.74, 6) is 5.56. The van der Waals surface area contributed by atoms with Crippen molar-refractivity contribution in [1.82, 2.24) is 4.90 Å². The van der Waals surface area contributed by atoms with Crippen LogP contribution in [-0.2, 0) is 0 Å². The van der Waals surface area contributed by atoms with Gasteiger partial charge in [-0.2, -0.15) is 5.26 Å². The van der Waals surface area contributed by atoms with Crippen LogP contribution < -0.4 is 11.3 Å². The second kappa shape index (κ2) is 7.73. The van der Waals surface area contributed by atoms with Crippen molar-refractivity contribution in [2.75, 3.05) is 18.5 Å². The second-order valence-corrected chi connectivity index (χ2v) is 5.32. The molecule has 1 aromatic carbocycles. The highest BCUT2D eigenvalue weighted by Crippen LogP contribution is 2.22. The molecule has 0 saturated carbocycles. The Labute approximate surface area is 124 Å². The minimum absolute atomic E-state index is 0.176. The first-order valence-corrected chi connectivity index (χ1v) is 6.79. The standard InChI is InChI=1S/C14H19ClN4O/c1-10(2)9-19(7-3-6-16)14(20)12-8-11(15)4-5-13(12)18-17/h4-5,8,10,18H,3,7,9,17H2,1-2H3. The van der Waals surface area contributed by atoms with Gasteiger partial charge in [0.25, 0.3) is 5.91 Å². The first-order valence-electron chi connectivity index (χ1n) is 6.42. The van der Waals surface area contributed by atoms with Crippen LogP contribution >= 0.6 is 11.6 Å². The van der Waals surface area contributed by atoms with Crippen LogP contribution in [-0.4, -0.2) is 23.9 Å². The molecule has 1 rings (SSSR count). The zero-order valence-electron chi connectivity index (χ0n) is 11.7. The average molecular weight is 295 g/mol. The summed E-state index contributed by atoms with van der Waals surface area (Å²) in [7, 11) is 0. The Bertz CT molecular complexity index is 510. The van der Waals surface area contributed by atoms with Crippen LogP contribution in [0.1, 0.15) is 30.6 Å². The fourth-order valence-electron chi connectivity index (χ4n) is 1.89. The van der Waals surface area contributed by atoms with E-state index < -0.39 is 0 Å². The van der Waals surface area contributed by atoms with Crippen LogP contribution in [0, 0.1) is 17.2 Å². The zero-order valence-corrected chi connectivity index (χ0v) is 12.4. The van der Waals surface area contributed by atoms with Gasteiger partial charge in [0.15, 0.2) is 0 Å². The molecular formula is C14H19ClN4O. The highest BCUT2D eigenvalue weighted by Gasteiger charge is 2.19. The number of anilines is 1. The van der Waals surface area contributed by atoms with Crippen LogP contribution in [0.4, 0.5) is 5.69 Å². The number of amides is 1. The fourth-order valence-corrected chi connectivity index (χ4v) is 2.06. The van der Waals surface area contributed by atoms with Crippen LogP contribution in [0.3, 0.4) is 0 Å². The third-order valence-electron chi connectivity index (χ3n) is 2.73. The number of nitrogens with one attached hydrogen (secondary N) is 1. The van der Waals surface area contributed by atoms with Gasteiger partial charge in [-0.05, 0) is 24.1 Å². The Morgan fingerprint density at radius 1 is 1.55 bits per heavy atom. The number of carbonyl (C=O) groups is 1. The lowest BCUT2D eigenvalue weighted by atomic mass is 10.1. The molecule has 1 amide bonds. The molecule has 0 spiro atoms. The number of hydrazine groups is 1. The number of nitrogens with two attached hydrogens (primary N) is 1. The van der Waals surface area contributed by atoms with Gasteiger partial charge in [0.05, 0.1) is 23.7 Å². The van der Waals surface area contributed by atoms with Gasteiger partial charge in [0.1, 0.15) is 0 Å². The summed E-state index contributed by atoms with van der Waals surface area (Å²) in [5.41, 5.74) is 3.43. The molecule has 0 unspecified atom stereocenters.